The number of fused-ring (bicyclic) bond motifs is 1. The van der Waals surface area contributed by atoms with Crippen LogP contribution >= 0.6 is 11.6 Å². The van der Waals surface area contributed by atoms with E-state index in [0.717, 1.165) is 38.6 Å². The summed E-state index contributed by atoms with van der Waals surface area (Å²) < 4.78 is 2.06. The molecule has 0 aliphatic heterocycles. The minimum Gasteiger partial charge on any atom is -0.383 e. The third-order valence-corrected chi connectivity index (χ3v) is 4.14. The lowest BCUT2D eigenvalue weighted by Gasteiger charge is -2.09. The van der Waals surface area contributed by atoms with Gasteiger partial charge < -0.3 is 5.73 Å². The Labute approximate surface area is 122 Å². The fraction of sp³-hybridized carbons (Fsp3) is 0.200. The number of aryl methyl sites for hydroxylation is 2. The summed E-state index contributed by atoms with van der Waals surface area (Å²) in [7, 11) is 0. The van der Waals surface area contributed by atoms with Crippen molar-refractivity contribution < 1.29 is 0 Å². The maximum absolute atomic E-state index is 6.23. The number of nitrogens with zero attached hydrogens (tertiary/aromatic N) is 3. The van der Waals surface area contributed by atoms with Crippen LogP contribution in [-0.2, 0) is 0 Å². The number of hydrogen-bond acceptors (Lipinski definition) is 3. The van der Waals surface area contributed by atoms with Crippen LogP contribution in [0.4, 0.5) is 5.82 Å². The van der Waals surface area contributed by atoms with Crippen LogP contribution < -0.4 is 5.73 Å². The highest BCUT2D eigenvalue weighted by molar-refractivity contribution is 6.31. The van der Waals surface area contributed by atoms with Crippen LogP contribution in [0.15, 0.2) is 24.5 Å². The van der Waals surface area contributed by atoms with Gasteiger partial charge in [0.1, 0.15) is 12.1 Å². The average Bonchev–Trinajstić information content (AvgIpc) is 2.67. The van der Waals surface area contributed by atoms with Gasteiger partial charge in [-0.05, 0) is 44.0 Å². The van der Waals surface area contributed by atoms with Crippen molar-refractivity contribution >= 4 is 28.5 Å². The molecule has 2 N–H and O–H groups in total. The Morgan fingerprint density at radius 1 is 1.15 bits per heavy atom. The molecule has 0 aliphatic carbocycles. The van der Waals surface area contributed by atoms with Gasteiger partial charge in [0, 0.05) is 16.4 Å². The van der Waals surface area contributed by atoms with Crippen molar-refractivity contribution in [2.24, 2.45) is 0 Å². The summed E-state index contributed by atoms with van der Waals surface area (Å²) in [6.07, 6.45) is 1.49. The molecule has 2 heterocycles. The number of anilines is 1. The van der Waals surface area contributed by atoms with E-state index in [-0.39, 0.29) is 0 Å². The smallest absolute Gasteiger partial charge is 0.150 e. The highest BCUT2D eigenvalue weighted by Gasteiger charge is 2.16. The lowest BCUT2D eigenvalue weighted by Crippen LogP contribution is -1.99. The molecule has 0 fully saturated rings. The van der Waals surface area contributed by atoms with Crippen LogP contribution in [0.2, 0.25) is 5.02 Å². The topological polar surface area (TPSA) is 56.7 Å². The second-order valence-electron chi connectivity index (χ2n) is 4.94. The Kier molecular flexibility index (Phi) is 2.91. The average molecular weight is 287 g/mol. The predicted octanol–water partition coefficient (Wildman–Crippen LogP) is 3.58. The number of aromatic nitrogens is 3. The number of nitrogen functional groups attached to an aromatic ring is 1. The van der Waals surface area contributed by atoms with E-state index in [2.05, 4.69) is 14.5 Å². The quantitative estimate of drug-likeness (QED) is 0.744. The zero-order chi connectivity index (χ0) is 14.4. The van der Waals surface area contributed by atoms with Gasteiger partial charge in [0.15, 0.2) is 5.65 Å². The molecule has 0 amide bonds. The molecule has 20 heavy (non-hydrogen) atoms. The molecule has 2 aromatic heterocycles. The summed E-state index contributed by atoms with van der Waals surface area (Å²) in [4.78, 5) is 8.46. The van der Waals surface area contributed by atoms with Crippen LogP contribution in [0.25, 0.3) is 16.7 Å². The van der Waals surface area contributed by atoms with Crippen LogP contribution in [0.1, 0.15) is 16.8 Å². The summed E-state index contributed by atoms with van der Waals surface area (Å²) >= 11 is 6.23. The summed E-state index contributed by atoms with van der Waals surface area (Å²) in [6.45, 7) is 6.06. The van der Waals surface area contributed by atoms with Crippen LogP contribution in [0, 0.1) is 20.8 Å². The molecule has 0 radical (unpaired) electrons. The minimum absolute atomic E-state index is 0.507. The van der Waals surface area contributed by atoms with E-state index in [1.54, 1.807) is 0 Å². The van der Waals surface area contributed by atoms with Gasteiger partial charge in [0.25, 0.3) is 0 Å². The number of rotatable bonds is 1. The van der Waals surface area contributed by atoms with Crippen molar-refractivity contribution in [3.63, 3.8) is 0 Å². The van der Waals surface area contributed by atoms with Gasteiger partial charge >= 0.3 is 0 Å². The molecule has 0 spiro atoms. The van der Waals surface area contributed by atoms with Gasteiger partial charge in [0.05, 0.1) is 5.39 Å². The zero-order valence-corrected chi connectivity index (χ0v) is 12.4. The Bertz CT molecular complexity index is 820. The number of halogens is 1. The number of hydrogen-bond donors (Lipinski definition) is 1. The lowest BCUT2D eigenvalue weighted by atomic mass is 10.2. The van der Waals surface area contributed by atoms with Gasteiger partial charge in [-0.3, -0.25) is 4.57 Å². The molecule has 0 aliphatic rings. The minimum atomic E-state index is 0.507. The van der Waals surface area contributed by atoms with E-state index < -0.39 is 0 Å². The fourth-order valence-corrected chi connectivity index (χ4v) is 2.64. The van der Waals surface area contributed by atoms with E-state index in [1.807, 2.05) is 39.0 Å². The van der Waals surface area contributed by atoms with Crippen molar-refractivity contribution in [3.05, 3.63) is 46.4 Å². The summed E-state index contributed by atoms with van der Waals surface area (Å²) in [5.74, 6) is 0.507. The van der Waals surface area contributed by atoms with Crippen molar-refractivity contribution in [3.8, 4) is 5.69 Å². The van der Waals surface area contributed by atoms with Gasteiger partial charge in [-0.1, -0.05) is 17.7 Å². The fourth-order valence-electron chi connectivity index (χ4n) is 2.46. The van der Waals surface area contributed by atoms with Gasteiger partial charge in [-0.15, -0.1) is 0 Å². The number of benzene rings is 1. The summed E-state index contributed by atoms with van der Waals surface area (Å²) in [6, 6.07) is 5.98. The maximum atomic E-state index is 6.23. The monoisotopic (exact) mass is 286 g/mol. The molecule has 1 aromatic carbocycles. The van der Waals surface area contributed by atoms with Crippen molar-refractivity contribution in [1.82, 2.24) is 14.5 Å². The summed E-state index contributed by atoms with van der Waals surface area (Å²) in [5.41, 5.74) is 11.0. The second kappa shape index (κ2) is 4.49. The van der Waals surface area contributed by atoms with E-state index in [0.29, 0.717) is 5.82 Å². The predicted molar refractivity (Wildman–Crippen MR) is 82.5 cm³/mol. The van der Waals surface area contributed by atoms with Crippen molar-refractivity contribution in [1.29, 1.82) is 0 Å². The van der Waals surface area contributed by atoms with E-state index >= 15 is 0 Å². The Morgan fingerprint density at radius 3 is 2.60 bits per heavy atom. The molecule has 0 saturated heterocycles. The maximum Gasteiger partial charge on any atom is 0.150 e. The first kappa shape index (κ1) is 12.9. The number of nitrogens with two attached hydrogens (primary N) is 1. The third-order valence-electron chi connectivity index (χ3n) is 3.74. The molecule has 0 atom stereocenters. The van der Waals surface area contributed by atoms with Crippen LogP contribution in [0.3, 0.4) is 0 Å². The molecule has 0 bridgehead atoms. The molecule has 0 saturated carbocycles. The molecular weight excluding hydrogens is 272 g/mol. The highest BCUT2D eigenvalue weighted by Crippen LogP contribution is 2.31. The van der Waals surface area contributed by atoms with Crippen LogP contribution in [0.5, 0.6) is 0 Å². The standard InChI is InChI=1S/C15H15ClN4/c1-8-4-5-11(6-12(8)16)20-10(3)9(2)13-14(17)18-7-19-15(13)20/h4-7H,1-3H3,(H2,17,18,19). The first-order valence-electron chi connectivity index (χ1n) is 6.35. The molecule has 0 unspecified atom stereocenters. The molecule has 4 nitrogen and oxygen atoms in total. The van der Waals surface area contributed by atoms with Crippen molar-refractivity contribution in [2.75, 3.05) is 5.73 Å². The Morgan fingerprint density at radius 2 is 1.90 bits per heavy atom. The molecule has 3 aromatic rings. The van der Waals surface area contributed by atoms with E-state index in [1.165, 1.54) is 6.33 Å². The normalized spacial score (nSPS) is 11.2. The van der Waals surface area contributed by atoms with Gasteiger partial charge in [0.2, 0.25) is 0 Å². The van der Waals surface area contributed by atoms with Crippen molar-refractivity contribution in [2.45, 2.75) is 20.8 Å². The Balaban J connectivity index is 2.39. The van der Waals surface area contributed by atoms with E-state index in [4.69, 9.17) is 17.3 Å². The van der Waals surface area contributed by atoms with Gasteiger partial charge in [-0.25, -0.2) is 9.97 Å². The zero-order valence-electron chi connectivity index (χ0n) is 11.6. The van der Waals surface area contributed by atoms with E-state index in [9.17, 15) is 0 Å². The molecule has 102 valence electrons. The van der Waals surface area contributed by atoms with Gasteiger partial charge in [-0.2, -0.15) is 0 Å². The third kappa shape index (κ3) is 1.76. The second-order valence-corrected chi connectivity index (χ2v) is 5.34. The molecule has 3 rings (SSSR count). The highest BCUT2D eigenvalue weighted by atomic mass is 35.5. The lowest BCUT2D eigenvalue weighted by molar-refractivity contribution is 1.01. The first-order valence-corrected chi connectivity index (χ1v) is 6.73. The SMILES string of the molecule is Cc1ccc(-n2c(C)c(C)c3c(N)ncnc32)cc1Cl. The summed E-state index contributed by atoms with van der Waals surface area (Å²) in [5, 5.41) is 1.64. The Hall–Kier alpha value is -2.07. The molecule has 5 heteroatoms. The first-order chi connectivity index (χ1) is 9.50. The largest absolute Gasteiger partial charge is 0.383 e. The van der Waals surface area contributed by atoms with Crippen LogP contribution in [-0.4, -0.2) is 14.5 Å². The molecular formula is C15H15ClN4.